The van der Waals surface area contributed by atoms with Gasteiger partial charge in [0.05, 0.1) is 11.4 Å². The second-order valence-electron chi connectivity index (χ2n) is 7.79. The highest BCUT2D eigenvalue weighted by atomic mass is 35.5. The third-order valence-electron chi connectivity index (χ3n) is 5.56. The predicted octanol–water partition coefficient (Wildman–Crippen LogP) is 4.23. The van der Waals surface area contributed by atoms with E-state index in [1.165, 1.54) is 16.4 Å². The zero-order valence-corrected chi connectivity index (χ0v) is 20.0. The number of amides is 1. The second-order valence-corrected chi connectivity index (χ2v) is 10.2. The summed E-state index contributed by atoms with van der Waals surface area (Å²) in [5.74, 6) is 0.493. The molecule has 0 unspecified atom stereocenters. The maximum atomic E-state index is 13.2. The van der Waals surface area contributed by atoms with Crippen LogP contribution in [0.5, 0.6) is 0 Å². The van der Waals surface area contributed by atoms with E-state index < -0.39 is 10.0 Å². The van der Waals surface area contributed by atoms with E-state index in [9.17, 15) is 13.2 Å². The Hall–Kier alpha value is -2.75. The molecular weight excluding hydrogens is 464 g/mol. The standard InChI is InChI=1S/C23H25ClN4O4S/c1-3-27(4-2)33(30,31)20-13-7-17(8-14-20)23(29)28(19-11-12-19)15-21-25-26-22(32-21)16-5-9-18(24)10-6-16/h5-10,13-14,19H,3-4,11-12,15H2,1-2H3. The maximum Gasteiger partial charge on any atom is 0.254 e. The van der Waals surface area contributed by atoms with Gasteiger partial charge in [0.1, 0.15) is 0 Å². The Morgan fingerprint density at radius 2 is 1.67 bits per heavy atom. The molecule has 8 nitrogen and oxygen atoms in total. The number of aromatic nitrogens is 2. The number of halogens is 1. The predicted molar refractivity (Wildman–Crippen MR) is 124 cm³/mol. The average molecular weight is 489 g/mol. The molecule has 1 amide bonds. The highest BCUT2D eigenvalue weighted by Crippen LogP contribution is 2.30. The van der Waals surface area contributed by atoms with Gasteiger partial charge in [-0.05, 0) is 61.4 Å². The lowest BCUT2D eigenvalue weighted by atomic mass is 10.2. The van der Waals surface area contributed by atoms with Crippen molar-refractivity contribution < 1.29 is 17.6 Å². The van der Waals surface area contributed by atoms with Crippen molar-refractivity contribution in [2.24, 2.45) is 0 Å². The molecule has 10 heteroatoms. The Bertz CT molecular complexity index is 1220. The minimum atomic E-state index is -3.58. The third-order valence-corrected chi connectivity index (χ3v) is 7.87. The Kier molecular flexibility index (Phi) is 6.83. The molecule has 1 saturated carbocycles. The number of benzene rings is 2. The first-order valence-corrected chi connectivity index (χ1v) is 12.6. The number of hydrogen-bond acceptors (Lipinski definition) is 6. The first kappa shape index (κ1) is 23.4. The van der Waals surface area contributed by atoms with Gasteiger partial charge in [0.15, 0.2) is 0 Å². The summed E-state index contributed by atoms with van der Waals surface area (Å²) in [6.45, 7) is 4.54. The lowest BCUT2D eigenvalue weighted by Crippen LogP contribution is -2.33. The summed E-state index contributed by atoms with van der Waals surface area (Å²) in [6.07, 6.45) is 1.80. The molecule has 0 radical (unpaired) electrons. The molecule has 174 valence electrons. The first-order valence-electron chi connectivity index (χ1n) is 10.8. The van der Waals surface area contributed by atoms with Gasteiger partial charge in [0, 0.05) is 35.3 Å². The van der Waals surface area contributed by atoms with Crippen LogP contribution in [0.2, 0.25) is 5.02 Å². The summed E-state index contributed by atoms with van der Waals surface area (Å²) in [5, 5.41) is 8.79. The van der Waals surface area contributed by atoms with E-state index in [2.05, 4.69) is 10.2 Å². The van der Waals surface area contributed by atoms with Crippen LogP contribution in [0.15, 0.2) is 57.8 Å². The van der Waals surface area contributed by atoms with E-state index in [0.29, 0.717) is 35.5 Å². The Labute approximate surface area is 198 Å². The molecule has 1 aliphatic rings. The number of rotatable bonds is 9. The monoisotopic (exact) mass is 488 g/mol. The highest BCUT2D eigenvalue weighted by molar-refractivity contribution is 7.89. The van der Waals surface area contributed by atoms with Crippen molar-refractivity contribution in [3.05, 3.63) is 65.0 Å². The third kappa shape index (κ3) is 5.10. The summed E-state index contributed by atoms with van der Waals surface area (Å²) in [6, 6.07) is 13.2. The van der Waals surface area contributed by atoms with Crippen molar-refractivity contribution in [2.45, 2.75) is 44.2 Å². The molecule has 0 atom stereocenters. The Morgan fingerprint density at radius 3 is 2.24 bits per heavy atom. The zero-order chi connectivity index (χ0) is 23.6. The number of sulfonamides is 1. The molecule has 2 aromatic carbocycles. The molecule has 1 aromatic heterocycles. The molecule has 0 bridgehead atoms. The molecular formula is C23H25ClN4O4S. The van der Waals surface area contributed by atoms with Gasteiger partial charge >= 0.3 is 0 Å². The fraction of sp³-hybridized carbons (Fsp3) is 0.348. The topological polar surface area (TPSA) is 96.6 Å². The van der Waals surface area contributed by atoms with Crippen molar-refractivity contribution >= 4 is 27.5 Å². The summed E-state index contributed by atoms with van der Waals surface area (Å²) in [5.41, 5.74) is 1.16. The van der Waals surface area contributed by atoms with Gasteiger partial charge in [-0.2, -0.15) is 4.31 Å². The van der Waals surface area contributed by atoms with Gasteiger partial charge in [0.25, 0.3) is 5.91 Å². The van der Waals surface area contributed by atoms with E-state index in [-0.39, 0.29) is 23.4 Å². The van der Waals surface area contributed by atoms with Gasteiger partial charge in [-0.1, -0.05) is 25.4 Å². The van der Waals surface area contributed by atoms with Gasteiger partial charge in [-0.25, -0.2) is 8.42 Å². The van der Waals surface area contributed by atoms with Crippen LogP contribution < -0.4 is 0 Å². The van der Waals surface area contributed by atoms with Crippen molar-refractivity contribution in [2.75, 3.05) is 13.1 Å². The van der Waals surface area contributed by atoms with Crippen molar-refractivity contribution in [3.8, 4) is 11.5 Å². The van der Waals surface area contributed by atoms with Crippen LogP contribution >= 0.6 is 11.6 Å². The van der Waals surface area contributed by atoms with Gasteiger partial charge in [-0.15, -0.1) is 10.2 Å². The van der Waals surface area contributed by atoms with Crippen molar-refractivity contribution in [1.29, 1.82) is 0 Å². The lowest BCUT2D eigenvalue weighted by Gasteiger charge is -2.21. The molecule has 33 heavy (non-hydrogen) atoms. The molecule has 0 spiro atoms. The molecule has 4 rings (SSSR count). The van der Waals surface area contributed by atoms with Gasteiger partial charge < -0.3 is 9.32 Å². The summed E-state index contributed by atoms with van der Waals surface area (Å²) >= 11 is 5.93. The fourth-order valence-corrected chi connectivity index (χ4v) is 5.16. The molecule has 1 heterocycles. The fourth-order valence-electron chi connectivity index (χ4n) is 3.57. The molecule has 0 saturated heterocycles. The minimum Gasteiger partial charge on any atom is -0.419 e. The number of nitrogens with zero attached hydrogens (tertiary/aromatic N) is 4. The molecule has 0 aliphatic heterocycles. The van der Waals surface area contributed by atoms with Crippen molar-refractivity contribution in [3.63, 3.8) is 0 Å². The highest BCUT2D eigenvalue weighted by Gasteiger charge is 2.34. The van der Waals surface area contributed by atoms with E-state index >= 15 is 0 Å². The minimum absolute atomic E-state index is 0.0995. The quantitative estimate of drug-likeness (QED) is 0.447. The average Bonchev–Trinajstić information content (AvgIpc) is 3.56. The molecule has 3 aromatic rings. The van der Waals surface area contributed by atoms with Crippen LogP contribution in [0.25, 0.3) is 11.5 Å². The zero-order valence-electron chi connectivity index (χ0n) is 18.4. The van der Waals surface area contributed by atoms with E-state index in [1.54, 1.807) is 55.1 Å². The van der Waals surface area contributed by atoms with Crippen LogP contribution in [0.1, 0.15) is 42.9 Å². The summed E-state index contributed by atoms with van der Waals surface area (Å²) in [7, 11) is -3.58. The van der Waals surface area contributed by atoms with Crippen LogP contribution in [-0.4, -0.2) is 52.9 Å². The summed E-state index contributed by atoms with van der Waals surface area (Å²) < 4.78 is 32.6. The Balaban J connectivity index is 1.51. The second kappa shape index (κ2) is 9.62. The van der Waals surface area contributed by atoms with Crippen molar-refractivity contribution in [1.82, 2.24) is 19.4 Å². The van der Waals surface area contributed by atoms with Crippen LogP contribution in [0.3, 0.4) is 0 Å². The van der Waals surface area contributed by atoms with E-state index in [4.69, 9.17) is 16.0 Å². The summed E-state index contributed by atoms with van der Waals surface area (Å²) in [4.78, 5) is 15.1. The molecule has 1 aliphatic carbocycles. The first-order chi connectivity index (χ1) is 15.8. The molecule has 1 fully saturated rings. The van der Waals surface area contributed by atoms with E-state index in [1.807, 2.05) is 0 Å². The Morgan fingerprint density at radius 1 is 1.03 bits per heavy atom. The number of carbonyl (C=O) groups excluding carboxylic acids is 1. The van der Waals surface area contributed by atoms with Gasteiger partial charge in [0.2, 0.25) is 21.8 Å². The maximum absolute atomic E-state index is 13.2. The van der Waals surface area contributed by atoms with Crippen LogP contribution in [0.4, 0.5) is 0 Å². The number of carbonyl (C=O) groups is 1. The number of hydrogen-bond donors (Lipinski definition) is 0. The van der Waals surface area contributed by atoms with Gasteiger partial charge in [-0.3, -0.25) is 4.79 Å². The normalized spacial score (nSPS) is 13.9. The van der Waals surface area contributed by atoms with Crippen LogP contribution in [0, 0.1) is 0 Å². The van der Waals surface area contributed by atoms with Crippen LogP contribution in [-0.2, 0) is 16.6 Å². The smallest absolute Gasteiger partial charge is 0.254 e. The lowest BCUT2D eigenvalue weighted by molar-refractivity contribution is 0.0714. The molecule has 0 N–H and O–H groups in total. The largest absolute Gasteiger partial charge is 0.419 e. The van der Waals surface area contributed by atoms with E-state index in [0.717, 1.165) is 18.4 Å². The SMILES string of the molecule is CCN(CC)S(=O)(=O)c1ccc(C(=O)N(Cc2nnc(-c3ccc(Cl)cc3)o2)C2CC2)cc1.